The Labute approximate surface area is 116 Å². The van der Waals surface area contributed by atoms with E-state index in [0.29, 0.717) is 18.4 Å². The van der Waals surface area contributed by atoms with Crippen LogP contribution in [0, 0.1) is 18.7 Å². The van der Waals surface area contributed by atoms with Gasteiger partial charge in [-0.2, -0.15) is 0 Å². The maximum absolute atomic E-state index is 13.6. The number of carbonyl (C=O) groups is 1. The van der Waals surface area contributed by atoms with Crippen molar-refractivity contribution in [2.24, 2.45) is 5.92 Å². The van der Waals surface area contributed by atoms with Gasteiger partial charge in [0, 0.05) is 6.04 Å². The molecular formula is C13H16FNO4S. The van der Waals surface area contributed by atoms with Crippen molar-refractivity contribution >= 4 is 16.0 Å². The van der Waals surface area contributed by atoms with Crippen molar-refractivity contribution in [1.29, 1.82) is 0 Å². The Balaban J connectivity index is 2.16. The van der Waals surface area contributed by atoms with E-state index >= 15 is 0 Å². The van der Waals surface area contributed by atoms with E-state index in [1.807, 2.05) is 0 Å². The van der Waals surface area contributed by atoms with Gasteiger partial charge in [-0.15, -0.1) is 0 Å². The highest BCUT2D eigenvalue weighted by Gasteiger charge is 2.33. The molecule has 0 amide bonds. The van der Waals surface area contributed by atoms with Gasteiger partial charge < -0.3 is 5.11 Å². The first-order chi connectivity index (χ1) is 9.29. The third-order valence-corrected chi connectivity index (χ3v) is 5.02. The zero-order valence-corrected chi connectivity index (χ0v) is 11.8. The van der Waals surface area contributed by atoms with Crippen LogP contribution in [-0.4, -0.2) is 25.5 Å². The van der Waals surface area contributed by atoms with Crippen LogP contribution in [0.15, 0.2) is 23.1 Å². The van der Waals surface area contributed by atoms with E-state index < -0.39 is 38.7 Å². The fourth-order valence-corrected chi connectivity index (χ4v) is 3.86. The number of carboxylic acid groups (broad SMARTS) is 1. The van der Waals surface area contributed by atoms with Crippen LogP contribution in [-0.2, 0) is 14.8 Å². The number of carboxylic acids is 1. The number of sulfonamides is 1. The van der Waals surface area contributed by atoms with Gasteiger partial charge in [0.15, 0.2) is 0 Å². The lowest BCUT2D eigenvalue weighted by atomic mass is 10.1. The molecule has 2 N–H and O–H groups in total. The Hall–Kier alpha value is -1.47. The molecule has 0 bridgehead atoms. The number of rotatable bonds is 4. The lowest BCUT2D eigenvalue weighted by Crippen LogP contribution is -2.34. The van der Waals surface area contributed by atoms with Crippen LogP contribution in [0.1, 0.15) is 24.8 Å². The largest absolute Gasteiger partial charge is 0.481 e. The number of aliphatic carboxylic acids is 1. The first kappa shape index (κ1) is 14.9. The number of hydrogen-bond donors (Lipinski definition) is 2. The van der Waals surface area contributed by atoms with Gasteiger partial charge in [-0.1, -0.05) is 6.07 Å². The third kappa shape index (κ3) is 3.16. The zero-order chi connectivity index (χ0) is 14.9. The Morgan fingerprint density at radius 2 is 2.10 bits per heavy atom. The topological polar surface area (TPSA) is 83.5 Å². The molecule has 5 nitrogen and oxygen atoms in total. The second kappa shape index (κ2) is 5.49. The minimum atomic E-state index is -3.96. The molecule has 1 aromatic rings. The molecule has 0 spiro atoms. The van der Waals surface area contributed by atoms with Gasteiger partial charge in [0.2, 0.25) is 10.0 Å². The van der Waals surface area contributed by atoms with Crippen LogP contribution in [0.3, 0.4) is 0 Å². The van der Waals surface area contributed by atoms with E-state index in [0.717, 1.165) is 6.07 Å². The molecule has 0 unspecified atom stereocenters. The monoisotopic (exact) mass is 301 g/mol. The predicted octanol–water partition coefficient (Wildman–Crippen LogP) is 1.67. The molecule has 0 aliphatic heterocycles. The SMILES string of the molecule is Cc1ccc(F)c(S(=O)(=O)N[C@H]2CC[C@@H](C(=O)O)C2)c1. The molecule has 0 heterocycles. The van der Waals surface area contributed by atoms with Crippen LogP contribution in [0.25, 0.3) is 0 Å². The van der Waals surface area contributed by atoms with Gasteiger partial charge >= 0.3 is 5.97 Å². The lowest BCUT2D eigenvalue weighted by molar-refractivity contribution is -0.141. The molecule has 1 aromatic carbocycles. The van der Waals surface area contributed by atoms with E-state index in [1.165, 1.54) is 12.1 Å². The Bertz CT molecular complexity index is 629. The van der Waals surface area contributed by atoms with Gasteiger partial charge in [-0.25, -0.2) is 17.5 Å². The molecule has 20 heavy (non-hydrogen) atoms. The van der Waals surface area contributed by atoms with Crippen LogP contribution in [0.2, 0.25) is 0 Å². The van der Waals surface area contributed by atoms with E-state index in [2.05, 4.69) is 4.72 Å². The van der Waals surface area contributed by atoms with E-state index in [9.17, 15) is 17.6 Å². The van der Waals surface area contributed by atoms with Crippen molar-refractivity contribution in [2.75, 3.05) is 0 Å². The summed E-state index contributed by atoms with van der Waals surface area (Å²) in [6.07, 6.45) is 1.12. The average Bonchev–Trinajstić information content (AvgIpc) is 2.80. The van der Waals surface area contributed by atoms with Crippen LogP contribution in [0.5, 0.6) is 0 Å². The van der Waals surface area contributed by atoms with Gasteiger partial charge in [-0.05, 0) is 43.9 Å². The standard InChI is InChI=1S/C13H16FNO4S/c1-8-2-5-11(14)12(6-8)20(18,19)15-10-4-3-9(7-10)13(16)17/h2,5-6,9-10,15H,3-4,7H2,1H3,(H,16,17)/t9-,10+/m1/s1. The van der Waals surface area contributed by atoms with Gasteiger partial charge in [0.25, 0.3) is 0 Å². The molecule has 1 fully saturated rings. The summed E-state index contributed by atoms with van der Waals surface area (Å²) in [5.74, 6) is -2.27. The quantitative estimate of drug-likeness (QED) is 0.886. The van der Waals surface area contributed by atoms with Crippen LogP contribution in [0.4, 0.5) is 4.39 Å². The van der Waals surface area contributed by atoms with E-state index in [1.54, 1.807) is 6.92 Å². The van der Waals surface area contributed by atoms with Gasteiger partial charge in [0.1, 0.15) is 10.7 Å². The summed E-state index contributed by atoms with van der Waals surface area (Å²) < 4.78 is 40.3. The molecule has 110 valence electrons. The minimum absolute atomic E-state index is 0.238. The predicted molar refractivity (Wildman–Crippen MR) is 70.2 cm³/mol. The highest BCUT2D eigenvalue weighted by molar-refractivity contribution is 7.89. The third-order valence-electron chi connectivity index (χ3n) is 3.48. The number of benzene rings is 1. The summed E-state index contributed by atoms with van der Waals surface area (Å²) in [7, 11) is -3.96. The molecule has 1 saturated carbocycles. The van der Waals surface area contributed by atoms with Crippen molar-refractivity contribution in [3.63, 3.8) is 0 Å². The molecular weight excluding hydrogens is 285 g/mol. The second-order valence-corrected chi connectivity index (χ2v) is 6.78. The fourth-order valence-electron chi connectivity index (χ4n) is 2.41. The number of halogens is 1. The van der Waals surface area contributed by atoms with Crippen LogP contribution >= 0.6 is 0 Å². The minimum Gasteiger partial charge on any atom is -0.481 e. The van der Waals surface area contributed by atoms with Crippen molar-refractivity contribution < 1.29 is 22.7 Å². The Morgan fingerprint density at radius 1 is 1.40 bits per heavy atom. The van der Waals surface area contributed by atoms with Crippen molar-refractivity contribution in [2.45, 2.75) is 37.1 Å². The summed E-state index contributed by atoms with van der Waals surface area (Å²) in [4.78, 5) is 10.5. The molecule has 0 radical (unpaired) electrons. The highest BCUT2D eigenvalue weighted by atomic mass is 32.2. The summed E-state index contributed by atoms with van der Waals surface area (Å²) in [6.45, 7) is 1.68. The van der Waals surface area contributed by atoms with Gasteiger partial charge in [-0.3, -0.25) is 4.79 Å². The second-order valence-electron chi connectivity index (χ2n) is 5.10. The van der Waals surface area contributed by atoms with E-state index in [-0.39, 0.29) is 6.42 Å². The zero-order valence-electron chi connectivity index (χ0n) is 11.0. The molecule has 1 aliphatic carbocycles. The molecule has 1 aliphatic rings. The molecule has 2 rings (SSSR count). The fraction of sp³-hybridized carbons (Fsp3) is 0.462. The normalized spacial score (nSPS) is 22.9. The molecule has 2 atom stereocenters. The molecule has 7 heteroatoms. The molecule has 0 saturated heterocycles. The summed E-state index contributed by atoms with van der Waals surface area (Å²) in [6, 6.07) is 3.41. The summed E-state index contributed by atoms with van der Waals surface area (Å²) in [5, 5.41) is 8.89. The van der Waals surface area contributed by atoms with Crippen molar-refractivity contribution in [1.82, 2.24) is 4.72 Å². The smallest absolute Gasteiger partial charge is 0.306 e. The lowest BCUT2D eigenvalue weighted by Gasteiger charge is -2.13. The van der Waals surface area contributed by atoms with Crippen molar-refractivity contribution in [3.05, 3.63) is 29.6 Å². The highest BCUT2D eigenvalue weighted by Crippen LogP contribution is 2.27. The Kier molecular flexibility index (Phi) is 4.10. The maximum Gasteiger partial charge on any atom is 0.306 e. The summed E-state index contributed by atoms with van der Waals surface area (Å²) >= 11 is 0. The molecule has 0 aromatic heterocycles. The number of nitrogens with one attached hydrogen (secondary N) is 1. The maximum atomic E-state index is 13.6. The van der Waals surface area contributed by atoms with E-state index in [4.69, 9.17) is 5.11 Å². The average molecular weight is 301 g/mol. The summed E-state index contributed by atoms with van der Waals surface area (Å²) in [5.41, 5.74) is 0.640. The Morgan fingerprint density at radius 3 is 2.70 bits per heavy atom. The van der Waals surface area contributed by atoms with Gasteiger partial charge in [0.05, 0.1) is 5.92 Å². The number of aryl methyl sites for hydroxylation is 1. The first-order valence-corrected chi connectivity index (χ1v) is 7.79. The first-order valence-electron chi connectivity index (χ1n) is 6.31. The van der Waals surface area contributed by atoms with Crippen molar-refractivity contribution in [3.8, 4) is 0 Å². The number of hydrogen-bond acceptors (Lipinski definition) is 3. The van der Waals surface area contributed by atoms with Crippen LogP contribution < -0.4 is 4.72 Å².